The smallest absolute Gasteiger partial charge is 0.289 e. The van der Waals surface area contributed by atoms with Gasteiger partial charge in [0, 0.05) is 48.1 Å². The molecule has 2 heterocycles. The highest BCUT2D eigenvalue weighted by Gasteiger charge is 2.35. The first-order valence-electron chi connectivity index (χ1n) is 14.2. The first kappa shape index (κ1) is 29.2. The lowest BCUT2D eigenvalue weighted by Crippen LogP contribution is -2.55. The number of rotatable bonds is 12. The van der Waals surface area contributed by atoms with Crippen molar-refractivity contribution in [2.75, 3.05) is 6.54 Å². The summed E-state index contributed by atoms with van der Waals surface area (Å²) in [5, 5.41) is 11.7. The van der Waals surface area contributed by atoms with Crippen LogP contribution in [-0.4, -0.2) is 53.0 Å². The minimum absolute atomic E-state index is 0.0364. The van der Waals surface area contributed by atoms with Gasteiger partial charge in [-0.05, 0) is 48.2 Å². The van der Waals surface area contributed by atoms with Crippen LogP contribution in [-0.2, 0) is 32.1 Å². The molecule has 1 fully saturated rings. The molecule has 1 aromatic heterocycles. The van der Waals surface area contributed by atoms with Crippen LogP contribution in [0.15, 0.2) is 91.1 Å². The van der Waals surface area contributed by atoms with E-state index in [1.807, 2.05) is 66.7 Å². The summed E-state index contributed by atoms with van der Waals surface area (Å²) in [5.74, 6) is -3.58. The largest absolute Gasteiger partial charge is 0.361 e. The maximum atomic E-state index is 13.7. The Labute approximate surface area is 248 Å². The van der Waals surface area contributed by atoms with Crippen molar-refractivity contribution in [2.24, 2.45) is 5.92 Å². The van der Waals surface area contributed by atoms with E-state index in [9.17, 15) is 24.0 Å². The summed E-state index contributed by atoms with van der Waals surface area (Å²) in [5.41, 5.74) is 2.84. The third kappa shape index (κ3) is 7.53. The molecular formula is C33H33N5O5. The predicted octanol–water partition coefficient (Wildman–Crippen LogP) is 2.41. The molecule has 0 unspecified atom stereocenters. The number of Topliss-reactive ketones (excluding diaryl/α,β-unsaturated/α-hetero) is 1. The minimum Gasteiger partial charge on any atom is -0.361 e. The highest BCUT2D eigenvalue weighted by Crippen LogP contribution is 2.18. The third-order valence-corrected chi connectivity index (χ3v) is 7.56. The van der Waals surface area contributed by atoms with E-state index in [2.05, 4.69) is 26.3 Å². The Morgan fingerprint density at radius 1 is 0.837 bits per heavy atom. The number of H-pyrrole nitrogens is 1. The van der Waals surface area contributed by atoms with Gasteiger partial charge >= 0.3 is 0 Å². The second kappa shape index (κ2) is 13.6. The van der Waals surface area contributed by atoms with Crippen molar-refractivity contribution < 1.29 is 24.0 Å². The molecule has 4 amide bonds. The Kier molecular flexibility index (Phi) is 9.26. The van der Waals surface area contributed by atoms with E-state index in [0.29, 0.717) is 18.5 Å². The lowest BCUT2D eigenvalue weighted by Gasteiger charge is -2.24. The van der Waals surface area contributed by atoms with E-state index in [0.717, 1.165) is 22.0 Å². The second-order valence-electron chi connectivity index (χ2n) is 10.6. The van der Waals surface area contributed by atoms with Crippen LogP contribution in [0.3, 0.4) is 0 Å². The third-order valence-electron chi connectivity index (χ3n) is 7.56. The molecule has 5 rings (SSSR count). The van der Waals surface area contributed by atoms with Crippen LogP contribution >= 0.6 is 0 Å². The molecule has 4 aromatic rings. The SMILES string of the molecule is O=C(NCc1ccccc1)C(=O)[C@H](C[C@@H]1CCNC1=O)NC(=O)[C@H](Cc1ccccc1)NC(=O)c1ccc2[nH]ccc2c1. The molecule has 5 N–H and O–H groups in total. The zero-order valence-electron chi connectivity index (χ0n) is 23.5. The van der Waals surface area contributed by atoms with Gasteiger partial charge in [-0.15, -0.1) is 0 Å². The Hall–Kier alpha value is -5.25. The van der Waals surface area contributed by atoms with Crippen LogP contribution in [0.4, 0.5) is 0 Å². The van der Waals surface area contributed by atoms with Crippen molar-refractivity contribution in [3.8, 4) is 0 Å². The number of amides is 4. The first-order chi connectivity index (χ1) is 20.9. The van der Waals surface area contributed by atoms with Gasteiger partial charge in [0.15, 0.2) is 0 Å². The number of nitrogens with one attached hydrogen (secondary N) is 5. The monoisotopic (exact) mass is 579 g/mol. The topological polar surface area (TPSA) is 149 Å². The van der Waals surface area contributed by atoms with Crippen LogP contribution in [0.5, 0.6) is 0 Å². The number of fused-ring (bicyclic) bond motifs is 1. The van der Waals surface area contributed by atoms with Crippen LogP contribution in [0.1, 0.15) is 34.3 Å². The zero-order chi connectivity index (χ0) is 30.2. The predicted molar refractivity (Wildman–Crippen MR) is 161 cm³/mol. The molecule has 3 atom stereocenters. The summed E-state index contributed by atoms with van der Waals surface area (Å²) in [4.78, 5) is 68.8. The van der Waals surface area contributed by atoms with E-state index in [4.69, 9.17) is 0 Å². The van der Waals surface area contributed by atoms with Gasteiger partial charge in [-0.3, -0.25) is 24.0 Å². The van der Waals surface area contributed by atoms with Crippen molar-refractivity contribution in [3.63, 3.8) is 0 Å². The Morgan fingerprint density at radius 3 is 2.26 bits per heavy atom. The van der Waals surface area contributed by atoms with Crippen molar-refractivity contribution in [1.82, 2.24) is 26.3 Å². The number of aromatic nitrogens is 1. The quantitative estimate of drug-likeness (QED) is 0.164. The van der Waals surface area contributed by atoms with E-state index < -0.39 is 41.5 Å². The fourth-order valence-corrected chi connectivity index (χ4v) is 5.18. The van der Waals surface area contributed by atoms with Gasteiger partial charge in [0.05, 0.1) is 6.04 Å². The number of carbonyl (C=O) groups is 5. The molecule has 0 bridgehead atoms. The van der Waals surface area contributed by atoms with Gasteiger partial charge in [-0.25, -0.2) is 0 Å². The Balaban J connectivity index is 1.34. The average Bonchev–Trinajstić information content (AvgIpc) is 3.67. The Morgan fingerprint density at radius 2 is 1.56 bits per heavy atom. The summed E-state index contributed by atoms with van der Waals surface area (Å²) in [6.07, 6.45) is 2.37. The lowest BCUT2D eigenvalue weighted by molar-refractivity contribution is -0.141. The number of benzene rings is 3. The Bertz CT molecular complexity index is 1620. The van der Waals surface area contributed by atoms with Gasteiger partial charge in [-0.2, -0.15) is 0 Å². The van der Waals surface area contributed by atoms with E-state index in [1.54, 1.807) is 24.4 Å². The maximum absolute atomic E-state index is 13.7. The molecular weight excluding hydrogens is 546 g/mol. The molecule has 0 radical (unpaired) electrons. The number of aromatic amines is 1. The molecule has 1 saturated heterocycles. The molecule has 3 aromatic carbocycles. The normalized spacial score (nSPS) is 15.7. The molecule has 0 saturated carbocycles. The number of carbonyl (C=O) groups excluding carboxylic acids is 5. The van der Waals surface area contributed by atoms with Gasteiger partial charge < -0.3 is 26.3 Å². The van der Waals surface area contributed by atoms with Gasteiger partial charge in [-0.1, -0.05) is 60.7 Å². The summed E-state index contributed by atoms with van der Waals surface area (Å²) in [6.45, 7) is 0.588. The van der Waals surface area contributed by atoms with E-state index in [1.165, 1.54) is 0 Å². The van der Waals surface area contributed by atoms with Crippen LogP contribution in [0.2, 0.25) is 0 Å². The molecule has 220 valence electrons. The van der Waals surface area contributed by atoms with Gasteiger partial charge in [0.2, 0.25) is 17.6 Å². The van der Waals surface area contributed by atoms with Crippen molar-refractivity contribution in [3.05, 3.63) is 108 Å². The summed E-state index contributed by atoms with van der Waals surface area (Å²) in [7, 11) is 0. The molecule has 10 heteroatoms. The second-order valence-corrected chi connectivity index (χ2v) is 10.6. The van der Waals surface area contributed by atoms with E-state index >= 15 is 0 Å². The van der Waals surface area contributed by atoms with Crippen LogP contribution < -0.4 is 21.3 Å². The highest BCUT2D eigenvalue weighted by molar-refractivity contribution is 6.38. The highest BCUT2D eigenvalue weighted by atomic mass is 16.2. The van der Waals surface area contributed by atoms with Crippen LogP contribution in [0, 0.1) is 5.92 Å². The zero-order valence-corrected chi connectivity index (χ0v) is 23.5. The van der Waals surface area contributed by atoms with Gasteiger partial charge in [0.1, 0.15) is 6.04 Å². The standard InChI is InChI=1S/C33H33N5O5/c39-29(33(43)36-20-22-9-5-2-6-10-22)27(19-25-14-16-35-30(25)40)37-32(42)28(17-21-7-3-1-4-8-21)38-31(41)24-11-12-26-23(18-24)13-15-34-26/h1-13,15,18,25,27-28,34H,14,16-17,19-20H2,(H,35,40)(H,36,43)(H,37,42)(H,38,41)/t25-,27-,28-/m0/s1. The number of hydrogen-bond acceptors (Lipinski definition) is 5. The summed E-state index contributed by atoms with van der Waals surface area (Å²) < 4.78 is 0. The van der Waals surface area contributed by atoms with Gasteiger partial charge in [0.25, 0.3) is 11.8 Å². The van der Waals surface area contributed by atoms with Crippen molar-refractivity contribution in [2.45, 2.75) is 37.9 Å². The van der Waals surface area contributed by atoms with Crippen LogP contribution in [0.25, 0.3) is 10.9 Å². The molecule has 1 aliphatic heterocycles. The van der Waals surface area contributed by atoms with E-state index in [-0.39, 0.29) is 25.3 Å². The number of ketones is 1. The fourth-order valence-electron chi connectivity index (χ4n) is 5.18. The van der Waals surface area contributed by atoms with Crippen molar-refractivity contribution >= 4 is 40.3 Å². The maximum Gasteiger partial charge on any atom is 0.289 e. The fraction of sp³-hybridized carbons (Fsp3) is 0.242. The molecule has 43 heavy (non-hydrogen) atoms. The summed E-state index contributed by atoms with van der Waals surface area (Å²) in [6, 6.07) is 23.0. The molecule has 1 aliphatic rings. The first-order valence-corrected chi connectivity index (χ1v) is 14.2. The number of hydrogen-bond donors (Lipinski definition) is 5. The molecule has 0 aliphatic carbocycles. The summed E-state index contributed by atoms with van der Waals surface area (Å²) >= 11 is 0. The average molecular weight is 580 g/mol. The lowest BCUT2D eigenvalue weighted by atomic mass is 9.94. The molecule has 0 spiro atoms. The molecule has 10 nitrogen and oxygen atoms in total. The minimum atomic E-state index is -1.26. The van der Waals surface area contributed by atoms with Crippen molar-refractivity contribution in [1.29, 1.82) is 0 Å².